The number of carbonyl (C=O) groups is 1. The Kier molecular flexibility index (Phi) is 11.0. The summed E-state index contributed by atoms with van der Waals surface area (Å²) >= 11 is 0. The molecule has 0 radical (unpaired) electrons. The van der Waals surface area contributed by atoms with E-state index >= 15 is 0 Å². The highest BCUT2D eigenvalue weighted by Crippen LogP contribution is 2.40. The normalized spacial score (nSPS) is 23.1. The van der Waals surface area contributed by atoms with Gasteiger partial charge in [0.15, 0.2) is 0 Å². The molecule has 2 aromatic rings. The average molecular weight is 628 g/mol. The van der Waals surface area contributed by atoms with Crippen LogP contribution in [0, 0.1) is 11.8 Å². The van der Waals surface area contributed by atoms with E-state index in [2.05, 4.69) is 6.92 Å². The highest BCUT2D eigenvalue weighted by molar-refractivity contribution is 5.72. The van der Waals surface area contributed by atoms with E-state index in [-0.39, 0.29) is 48.1 Å². The van der Waals surface area contributed by atoms with Crippen LogP contribution in [0.15, 0.2) is 36.4 Å². The number of rotatable bonds is 8. The smallest absolute Gasteiger partial charge is 0.416 e. The summed E-state index contributed by atoms with van der Waals surface area (Å²) in [5, 5.41) is 0. The lowest BCUT2D eigenvalue weighted by Gasteiger charge is -2.35. The van der Waals surface area contributed by atoms with E-state index in [1.165, 1.54) is 26.4 Å². The summed E-state index contributed by atoms with van der Waals surface area (Å²) in [7, 11) is 1.36. The highest BCUT2D eigenvalue weighted by Gasteiger charge is 2.40. The van der Waals surface area contributed by atoms with Crippen molar-refractivity contribution >= 4 is 5.97 Å². The number of aryl methyl sites for hydroxylation is 1. The van der Waals surface area contributed by atoms with E-state index in [0.717, 1.165) is 42.6 Å². The second kappa shape index (κ2) is 14.1. The van der Waals surface area contributed by atoms with Crippen molar-refractivity contribution < 1.29 is 40.6 Å². The van der Waals surface area contributed by atoms with Gasteiger partial charge in [-0.15, -0.1) is 0 Å². The summed E-state index contributed by atoms with van der Waals surface area (Å²) in [6.07, 6.45) is -0.776. The highest BCUT2D eigenvalue weighted by atomic mass is 19.4. The first-order chi connectivity index (χ1) is 20.7. The number of fused-ring (bicyclic) bond motifs is 1. The third kappa shape index (κ3) is 8.92. The number of hydrogen-bond acceptors (Lipinski definition) is 4. The molecule has 0 amide bonds. The minimum atomic E-state index is -4.75. The molecule has 0 bridgehead atoms. The Labute approximate surface area is 256 Å². The molecule has 1 saturated heterocycles. The van der Waals surface area contributed by atoms with Gasteiger partial charge < -0.3 is 9.47 Å². The van der Waals surface area contributed by atoms with E-state index < -0.39 is 23.5 Å². The minimum Gasteiger partial charge on any atom is -0.490 e. The van der Waals surface area contributed by atoms with Crippen molar-refractivity contribution in [3.63, 3.8) is 0 Å². The molecule has 10 heteroatoms. The molecule has 5 rings (SSSR count). The second-order valence-electron chi connectivity index (χ2n) is 12.7. The van der Waals surface area contributed by atoms with Crippen molar-refractivity contribution in [3.05, 3.63) is 64.2 Å². The minimum absolute atomic E-state index is 0.0600. The molecule has 244 valence electrons. The van der Waals surface area contributed by atoms with Crippen LogP contribution in [0.25, 0.3) is 0 Å². The van der Waals surface area contributed by atoms with Crippen LogP contribution in [0.2, 0.25) is 0 Å². The van der Waals surface area contributed by atoms with Gasteiger partial charge in [0.1, 0.15) is 11.9 Å². The molecular formula is C34H43F6NO3. The van der Waals surface area contributed by atoms with Crippen LogP contribution < -0.4 is 4.74 Å². The zero-order chi connectivity index (χ0) is 32.2. The van der Waals surface area contributed by atoms with E-state index in [1.807, 2.05) is 36.9 Å². The average Bonchev–Trinajstić information content (AvgIpc) is 3.82. The molecule has 5 unspecified atom stereocenters. The standard InChI is InChI=1S/C31H37F6NO3.C3H6/c1-18(27-12-8-22-7-6-21(15-28(22)41-27)13-19(2)29(39)40-4)14-25-10-5-20(3)38(25)17-23-16-24(30(32,33)34)9-11-26(23)31(35,36)37;1-2-3-1/h6-7,9,11,15-16,18-20,25,27H,5,8,10,12-14,17H2,1-4H3;1-3H2. The van der Waals surface area contributed by atoms with Crippen LogP contribution in [-0.2, 0) is 41.3 Å². The Morgan fingerprint density at radius 3 is 2.30 bits per heavy atom. The largest absolute Gasteiger partial charge is 0.490 e. The molecule has 1 saturated carbocycles. The molecule has 2 aliphatic heterocycles. The van der Waals surface area contributed by atoms with Crippen LogP contribution in [0.5, 0.6) is 5.75 Å². The summed E-state index contributed by atoms with van der Waals surface area (Å²) in [4.78, 5) is 13.8. The summed E-state index contributed by atoms with van der Waals surface area (Å²) in [5.41, 5.74) is -0.404. The fourth-order valence-corrected chi connectivity index (χ4v) is 6.22. The predicted molar refractivity (Wildman–Crippen MR) is 156 cm³/mol. The number of benzene rings is 2. The lowest BCUT2D eigenvalue weighted by molar-refractivity contribution is -0.144. The van der Waals surface area contributed by atoms with Crippen LogP contribution >= 0.6 is 0 Å². The summed E-state index contributed by atoms with van der Waals surface area (Å²) in [6, 6.07) is 7.53. The van der Waals surface area contributed by atoms with Gasteiger partial charge in [-0.1, -0.05) is 45.2 Å². The molecule has 2 aromatic carbocycles. The van der Waals surface area contributed by atoms with Gasteiger partial charge in [-0.2, -0.15) is 26.3 Å². The molecule has 1 aliphatic carbocycles. The molecule has 0 N–H and O–H groups in total. The summed E-state index contributed by atoms with van der Waals surface area (Å²) < 4.78 is 92.5. The SMILES string of the molecule is C1CC1.COC(=O)C(C)Cc1ccc2c(c1)OC(C(C)CC1CCC(C)N1Cc1cc(C(F)(F)F)ccc1C(F)(F)F)CC2. The van der Waals surface area contributed by atoms with Crippen molar-refractivity contribution in [1.29, 1.82) is 0 Å². The zero-order valence-corrected chi connectivity index (χ0v) is 25.9. The monoisotopic (exact) mass is 627 g/mol. The lowest BCUT2D eigenvalue weighted by atomic mass is 9.88. The maximum absolute atomic E-state index is 13.7. The Hall–Kier alpha value is -2.75. The maximum Gasteiger partial charge on any atom is 0.416 e. The predicted octanol–water partition coefficient (Wildman–Crippen LogP) is 9.02. The topological polar surface area (TPSA) is 38.8 Å². The van der Waals surface area contributed by atoms with E-state index in [0.29, 0.717) is 31.0 Å². The van der Waals surface area contributed by atoms with Gasteiger partial charge in [-0.3, -0.25) is 9.69 Å². The first-order valence-electron chi connectivity index (χ1n) is 15.6. The number of ether oxygens (including phenoxy) is 2. The number of nitrogens with zero attached hydrogens (tertiary/aromatic N) is 1. The van der Waals surface area contributed by atoms with Gasteiger partial charge in [0.25, 0.3) is 0 Å². The number of likely N-dealkylation sites (tertiary alicyclic amines) is 1. The molecule has 2 fully saturated rings. The number of hydrogen-bond donors (Lipinski definition) is 0. The van der Waals surface area contributed by atoms with E-state index in [4.69, 9.17) is 9.47 Å². The summed E-state index contributed by atoms with van der Waals surface area (Å²) in [5.74, 6) is 0.277. The molecule has 44 heavy (non-hydrogen) atoms. The number of methoxy groups -OCH3 is 1. The molecule has 3 aliphatic rings. The van der Waals surface area contributed by atoms with Crippen molar-refractivity contribution in [3.8, 4) is 5.75 Å². The number of alkyl halides is 6. The van der Waals surface area contributed by atoms with E-state index in [1.54, 1.807) is 0 Å². The van der Waals surface area contributed by atoms with Crippen molar-refractivity contribution in [2.75, 3.05) is 7.11 Å². The Balaban J connectivity index is 0.00000139. The Bertz CT molecular complexity index is 1270. The third-order valence-corrected chi connectivity index (χ3v) is 8.93. The molecule has 5 atom stereocenters. The molecule has 4 nitrogen and oxygen atoms in total. The molecule has 0 spiro atoms. The van der Waals surface area contributed by atoms with Crippen molar-refractivity contribution in [2.45, 2.75) is 116 Å². The van der Waals surface area contributed by atoms with E-state index in [9.17, 15) is 31.1 Å². The number of esters is 1. The summed E-state index contributed by atoms with van der Waals surface area (Å²) in [6.45, 7) is 5.58. The van der Waals surface area contributed by atoms with Crippen LogP contribution in [0.3, 0.4) is 0 Å². The molecule has 0 aromatic heterocycles. The molecule has 2 heterocycles. The van der Waals surface area contributed by atoms with Gasteiger partial charge in [0.05, 0.1) is 24.2 Å². The van der Waals surface area contributed by atoms with Gasteiger partial charge in [0.2, 0.25) is 0 Å². The third-order valence-electron chi connectivity index (χ3n) is 8.93. The Morgan fingerprint density at radius 2 is 1.68 bits per heavy atom. The maximum atomic E-state index is 13.7. The quantitative estimate of drug-likeness (QED) is 0.216. The zero-order valence-electron chi connectivity index (χ0n) is 25.9. The fraction of sp³-hybridized carbons (Fsp3) is 0.618. The number of carbonyl (C=O) groups excluding carboxylic acids is 1. The number of halogens is 6. The van der Waals surface area contributed by atoms with Gasteiger partial charge in [-0.25, -0.2) is 0 Å². The van der Waals surface area contributed by atoms with Crippen LogP contribution in [0.1, 0.15) is 93.5 Å². The van der Waals surface area contributed by atoms with Crippen LogP contribution in [-0.4, -0.2) is 36.2 Å². The van der Waals surface area contributed by atoms with Gasteiger partial charge >= 0.3 is 18.3 Å². The first kappa shape index (κ1) is 34.1. The van der Waals surface area contributed by atoms with Crippen molar-refractivity contribution in [2.24, 2.45) is 11.8 Å². The fourth-order valence-electron chi connectivity index (χ4n) is 6.22. The Morgan fingerprint density at radius 1 is 0.977 bits per heavy atom. The van der Waals surface area contributed by atoms with Gasteiger partial charge in [-0.05, 0) is 92.3 Å². The van der Waals surface area contributed by atoms with Gasteiger partial charge in [0, 0.05) is 18.6 Å². The lowest BCUT2D eigenvalue weighted by Crippen LogP contribution is -2.38. The molecular weight excluding hydrogens is 584 g/mol. The second-order valence-corrected chi connectivity index (χ2v) is 12.7. The first-order valence-corrected chi connectivity index (χ1v) is 15.6. The van der Waals surface area contributed by atoms with Crippen molar-refractivity contribution in [1.82, 2.24) is 4.90 Å². The van der Waals surface area contributed by atoms with Crippen LogP contribution in [0.4, 0.5) is 26.3 Å².